The van der Waals surface area contributed by atoms with Gasteiger partial charge in [-0.3, -0.25) is 4.31 Å². The fraction of sp³-hybridized carbons (Fsp3) is 0.538. The van der Waals surface area contributed by atoms with E-state index in [0.717, 1.165) is 6.42 Å². The lowest BCUT2D eigenvalue weighted by Crippen LogP contribution is -2.49. The smallest absolute Gasteiger partial charge is 0.304 e. The van der Waals surface area contributed by atoms with Crippen molar-refractivity contribution in [2.24, 2.45) is 0 Å². The van der Waals surface area contributed by atoms with Crippen LogP contribution in [0.1, 0.15) is 13.3 Å². The first-order chi connectivity index (χ1) is 9.55. The number of hydrogen-bond donors (Lipinski definition) is 1. The molecule has 0 saturated carbocycles. The van der Waals surface area contributed by atoms with Crippen molar-refractivity contribution in [3.05, 3.63) is 24.3 Å². The van der Waals surface area contributed by atoms with Gasteiger partial charge in [0.2, 0.25) is 0 Å². The van der Waals surface area contributed by atoms with E-state index < -0.39 is 10.2 Å². The van der Waals surface area contributed by atoms with Crippen LogP contribution in [0.25, 0.3) is 0 Å². The molecular weight excluding hydrogens is 278 g/mol. The number of nitrogens with zero attached hydrogens (tertiary/aromatic N) is 2. The minimum absolute atomic E-state index is 0.394. The van der Waals surface area contributed by atoms with E-state index in [1.165, 1.54) is 8.61 Å². The number of morpholine rings is 1. The molecule has 7 heteroatoms. The minimum Gasteiger partial charge on any atom is -0.399 e. The van der Waals surface area contributed by atoms with E-state index in [1.807, 2.05) is 6.92 Å². The predicted octanol–water partition coefficient (Wildman–Crippen LogP) is 1.06. The molecule has 1 aliphatic heterocycles. The number of hydrogen-bond acceptors (Lipinski definition) is 4. The number of rotatable bonds is 5. The lowest BCUT2D eigenvalue weighted by atomic mass is 10.3. The average Bonchev–Trinajstić information content (AvgIpc) is 2.45. The van der Waals surface area contributed by atoms with Crippen molar-refractivity contribution in [1.82, 2.24) is 4.31 Å². The molecule has 0 amide bonds. The van der Waals surface area contributed by atoms with Crippen molar-refractivity contribution in [3.8, 4) is 0 Å². The van der Waals surface area contributed by atoms with Gasteiger partial charge in [0, 0.05) is 25.3 Å². The summed E-state index contributed by atoms with van der Waals surface area (Å²) in [5, 5.41) is 0. The summed E-state index contributed by atoms with van der Waals surface area (Å²) in [6.45, 7) is 4.05. The van der Waals surface area contributed by atoms with E-state index >= 15 is 0 Å². The van der Waals surface area contributed by atoms with Crippen LogP contribution in [0.4, 0.5) is 11.4 Å². The van der Waals surface area contributed by atoms with E-state index in [4.69, 9.17) is 10.5 Å². The largest absolute Gasteiger partial charge is 0.399 e. The molecule has 1 aromatic carbocycles. The van der Waals surface area contributed by atoms with E-state index in [2.05, 4.69) is 0 Å². The van der Waals surface area contributed by atoms with Crippen LogP contribution in [-0.4, -0.2) is 45.6 Å². The van der Waals surface area contributed by atoms with E-state index in [1.54, 1.807) is 24.3 Å². The number of nitrogen functional groups attached to an aromatic ring is 1. The second kappa shape index (κ2) is 6.43. The van der Waals surface area contributed by atoms with E-state index in [9.17, 15) is 8.42 Å². The number of benzene rings is 1. The maximum atomic E-state index is 12.7. The fourth-order valence-corrected chi connectivity index (χ4v) is 3.86. The predicted molar refractivity (Wildman–Crippen MR) is 79.8 cm³/mol. The summed E-state index contributed by atoms with van der Waals surface area (Å²) in [5.74, 6) is 0. The van der Waals surface area contributed by atoms with Crippen LogP contribution in [0, 0.1) is 0 Å². The molecular formula is C13H21N3O3S. The summed E-state index contributed by atoms with van der Waals surface area (Å²) < 4.78 is 33.6. The minimum atomic E-state index is -3.52. The topological polar surface area (TPSA) is 75.9 Å². The molecule has 0 atom stereocenters. The summed E-state index contributed by atoms with van der Waals surface area (Å²) in [5.41, 5.74) is 6.93. The first-order valence-electron chi connectivity index (χ1n) is 6.77. The van der Waals surface area contributed by atoms with Crippen molar-refractivity contribution in [2.45, 2.75) is 13.3 Å². The molecule has 1 aliphatic rings. The highest BCUT2D eigenvalue weighted by molar-refractivity contribution is 7.90. The summed E-state index contributed by atoms with van der Waals surface area (Å²) in [6, 6.07) is 6.97. The quantitative estimate of drug-likeness (QED) is 0.825. The van der Waals surface area contributed by atoms with Crippen molar-refractivity contribution in [2.75, 3.05) is 42.9 Å². The van der Waals surface area contributed by atoms with Crippen LogP contribution in [-0.2, 0) is 14.9 Å². The van der Waals surface area contributed by atoms with E-state index in [-0.39, 0.29) is 0 Å². The Bertz CT molecular complexity index is 542. The number of nitrogens with two attached hydrogens (primary N) is 1. The van der Waals surface area contributed by atoms with E-state index in [0.29, 0.717) is 44.2 Å². The summed E-state index contributed by atoms with van der Waals surface area (Å²) in [4.78, 5) is 0. The normalized spacial score (nSPS) is 17.1. The maximum absolute atomic E-state index is 12.7. The molecule has 0 bridgehead atoms. The Kier molecular flexibility index (Phi) is 4.85. The van der Waals surface area contributed by atoms with Gasteiger partial charge in [0.05, 0.1) is 18.9 Å². The molecule has 2 rings (SSSR count). The van der Waals surface area contributed by atoms with Gasteiger partial charge < -0.3 is 10.5 Å². The van der Waals surface area contributed by atoms with Gasteiger partial charge in [-0.1, -0.05) is 13.0 Å². The molecule has 0 unspecified atom stereocenters. The van der Waals surface area contributed by atoms with Crippen LogP contribution < -0.4 is 10.0 Å². The highest BCUT2D eigenvalue weighted by Crippen LogP contribution is 2.23. The van der Waals surface area contributed by atoms with Gasteiger partial charge in [-0.05, 0) is 24.6 Å². The average molecular weight is 299 g/mol. The summed E-state index contributed by atoms with van der Waals surface area (Å²) in [7, 11) is -3.52. The summed E-state index contributed by atoms with van der Waals surface area (Å²) >= 11 is 0. The Balaban J connectivity index is 2.31. The lowest BCUT2D eigenvalue weighted by molar-refractivity contribution is 0.0729. The first kappa shape index (κ1) is 15.1. The fourth-order valence-electron chi connectivity index (χ4n) is 2.18. The molecule has 6 nitrogen and oxygen atoms in total. The zero-order valence-electron chi connectivity index (χ0n) is 11.7. The molecule has 1 heterocycles. The van der Waals surface area contributed by atoms with Gasteiger partial charge in [-0.25, -0.2) is 0 Å². The zero-order chi connectivity index (χ0) is 14.6. The Hall–Kier alpha value is -1.31. The third-order valence-electron chi connectivity index (χ3n) is 3.16. The van der Waals surface area contributed by atoms with Gasteiger partial charge in [0.15, 0.2) is 0 Å². The molecule has 20 heavy (non-hydrogen) atoms. The summed E-state index contributed by atoms with van der Waals surface area (Å²) in [6.07, 6.45) is 0.734. The first-order valence-corrected chi connectivity index (χ1v) is 8.16. The van der Waals surface area contributed by atoms with Crippen molar-refractivity contribution in [3.63, 3.8) is 0 Å². The third-order valence-corrected chi connectivity index (χ3v) is 5.13. The van der Waals surface area contributed by atoms with Crippen molar-refractivity contribution < 1.29 is 13.2 Å². The second-order valence-corrected chi connectivity index (χ2v) is 6.54. The van der Waals surface area contributed by atoms with Crippen LogP contribution in [0.5, 0.6) is 0 Å². The molecule has 1 fully saturated rings. The van der Waals surface area contributed by atoms with Crippen molar-refractivity contribution in [1.29, 1.82) is 0 Å². The van der Waals surface area contributed by atoms with Crippen molar-refractivity contribution >= 4 is 21.6 Å². The van der Waals surface area contributed by atoms with Crippen LogP contribution in [0.2, 0.25) is 0 Å². The Morgan fingerprint density at radius 1 is 1.35 bits per heavy atom. The van der Waals surface area contributed by atoms with Crippen LogP contribution in [0.15, 0.2) is 24.3 Å². The molecule has 112 valence electrons. The zero-order valence-corrected chi connectivity index (χ0v) is 12.5. The highest BCUT2D eigenvalue weighted by atomic mass is 32.2. The third kappa shape index (κ3) is 3.23. The Labute approximate surface area is 120 Å². The standard InChI is InChI=1S/C13H21N3O3S/c1-2-6-16(13-5-3-4-12(14)11-13)20(17,18)15-7-9-19-10-8-15/h3-5,11H,2,6-10,14H2,1H3. The molecule has 2 N–H and O–H groups in total. The van der Waals surface area contributed by atoms with Gasteiger partial charge in [-0.2, -0.15) is 12.7 Å². The van der Waals surface area contributed by atoms with Crippen LogP contribution in [0.3, 0.4) is 0 Å². The maximum Gasteiger partial charge on any atom is 0.304 e. The van der Waals surface area contributed by atoms with Crippen LogP contribution >= 0.6 is 0 Å². The van der Waals surface area contributed by atoms with Gasteiger partial charge >= 0.3 is 10.2 Å². The molecule has 0 radical (unpaired) electrons. The SMILES string of the molecule is CCCN(c1cccc(N)c1)S(=O)(=O)N1CCOCC1. The Morgan fingerprint density at radius 3 is 2.65 bits per heavy atom. The van der Waals surface area contributed by atoms with Gasteiger partial charge in [0.25, 0.3) is 0 Å². The molecule has 1 saturated heterocycles. The second-order valence-electron chi connectivity index (χ2n) is 4.69. The Morgan fingerprint density at radius 2 is 2.05 bits per heavy atom. The monoisotopic (exact) mass is 299 g/mol. The molecule has 0 aromatic heterocycles. The molecule has 0 spiro atoms. The van der Waals surface area contributed by atoms with Gasteiger partial charge in [-0.15, -0.1) is 0 Å². The molecule has 0 aliphatic carbocycles. The lowest BCUT2D eigenvalue weighted by Gasteiger charge is -2.33. The number of ether oxygens (including phenoxy) is 1. The molecule has 1 aromatic rings. The highest BCUT2D eigenvalue weighted by Gasteiger charge is 2.30. The van der Waals surface area contributed by atoms with Gasteiger partial charge in [0.1, 0.15) is 0 Å². The number of anilines is 2.